The second-order valence-corrected chi connectivity index (χ2v) is 7.51. The lowest BCUT2D eigenvalue weighted by Gasteiger charge is -2.49. The van der Waals surface area contributed by atoms with E-state index in [0.717, 1.165) is 31.2 Å². The summed E-state index contributed by atoms with van der Waals surface area (Å²) in [4.78, 5) is 7.42. The van der Waals surface area contributed by atoms with Crippen LogP contribution in [-0.2, 0) is 6.54 Å². The molecule has 1 N–H and O–H groups in total. The van der Waals surface area contributed by atoms with Gasteiger partial charge in [-0.1, -0.05) is 19.9 Å². The van der Waals surface area contributed by atoms with Crippen LogP contribution in [-0.4, -0.2) is 34.6 Å². The number of nitrogens with zero attached hydrogens (tertiary/aromatic N) is 2. The molecule has 0 spiro atoms. The van der Waals surface area contributed by atoms with Crippen molar-refractivity contribution < 1.29 is 0 Å². The number of aromatic nitrogens is 1. The molecule has 2 heterocycles. The van der Waals surface area contributed by atoms with Crippen LogP contribution in [0.15, 0.2) is 18.2 Å². The summed E-state index contributed by atoms with van der Waals surface area (Å²) in [6.45, 7) is 12.4. The maximum atomic E-state index is 4.72. The Morgan fingerprint density at radius 2 is 2.14 bits per heavy atom. The van der Waals surface area contributed by atoms with Gasteiger partial charge >= 0.3 is 0 Å². The van der Waals surface area contributed by atoms with E-state index in [1.165, 1.54) is 18.5 Å². The van der Waals surface area contributed by atoms with Gasteiger partial charge in [0.15, 0.2) is 0 Å². The monoisotopic (exact) mass is 287 g/mol. The molecule has 1 aromatic heterocycles. The summed E-state index contributed by atoms with van der Waals surface area (Å²) in [6, 6.07) is 6.99. The standard InChI is InChI=1S/C18H29N3/c1-13(2)17-11-21(10-16-7-5-6-14(3)20-16)18(4,12-19-17)15-8-9-15/h5-7,13,15,17,19H,8-12H2,1-4H3. The molecule has 1 aliphatic heterocycles. The first-order valence-corrected chi connectivity index (χ1v) is 8.40. The largest absolute Gasteiger partial charge is 0.311 e. The molecule has 2 aliphatic rings. The minimum atomic E-state index is 0.302. The number of aryl methyl sites for hydroxylation is 1. The van der Waals surface area contributed by atoms with Crippen LogP contribution in [0.3, 0.4) is 0 Å². The molecule has 2 atom stereocenters. The Morgan fingerprint density at radius 1 is 1.38 bits per heavy atom. The van der Waals surface area contributed by atoms with E-state index in [4.69, 9.17) is 4.98 Å². The highest BCUT2D eigenvalue weighted by Gasteiger charge is 2.48. The van der Waals surface area contributed by atoms with Crippen molar-refractivity contribution in [1.29, 1.82) is 0 Å². The number of pyridine rings is 1. The van der Waals surface area contributed by atoms with Gasteiger partial charge in [0.1, 0.15) is 0 Å². The molecule has 2 fully saturated rings. The number of nitrogens with one attached hydrogen (secondary N) is 1. The second-order valence-electron chi connectivity index (χ2n) is 7.51. The van der Waals surface area contributed by atoms with Crippen LogP contribution in [0, 0.1) is 18.8 Å². The topological polar surface area (TPSA) is 28.2 Å². The molecule has 0 aromatic carbocycles. The number of piperazine rings is 1. The van der Waals surface area contributed by atoms with E-state index in [1.54, 1.807) is 0 Å². The van der Waals surface area contributed by atoms with E-state index < -0.39 is 0 Å². The molecule has 0 bridgehead atoms. The van der Waals surface area contributed by atoms with Crippen molar-refractivity contribution in [3.05, 3.63) is 29.6 Å². The predicted molar refractivity (Wildman–Crippen MR) is 87.1 cm³/mol. The summed E-state index contributed by atoms with van der Waals surface area (Å²) < 4.78 is 0. The van der Waals surface area contributed by atoms with Gasteiger partial charge in [-0.2, -0.15) is 0 Å². The Balaban J connectivity index is 1.79. The zero-order chi connectivity index (χ0) is 15.0. The van der Waals surface area contributed by atoms with Crippen LogP contribution in [0.2, 0.25) is 0 Å². The first-order chi connectivity index (χ1) is 9.99. The Morgan fingerprint density at radius 3 is 2.76 bits per heavy atom. The number of hydrogen-bond acceptors (Lipinski definition) is 3. The highest BCUT2D eigenvalue weighted by Crippen LogP contribution is 2.44. The molecular formula is C18H29N3. The van der Waals surface area contributed by atoms with Crippen molar-refractivity contribution >= 4 is 0 Å². The maximum absolute atomic E-state index is 4.72. The molecule has 0 amide bonds. The van der Waals surface area contributed by atoms with Crippen LogP contribution in [0.25, 0.3) is 0 Å². The number of hydrogen-bond donors (Lipinski definition) is 1. The average Bonchev–Trinajstić information content (AvgIpc) is 3.26. The van der Waals surface area contributed by atoms with Crippen molar-refractivity contribution in [2.45, 2.75) is 58.7 Å². The normalized spacial score (nSPS) is 30.8. The predicted octanol–water partition coefficient (Wildman–Crippen LogP) is 2.99. The zero-order valence-corrected chi connectivity index (χ0v) is 13.9. The third-order valence-electron chi connectivity index (χ3n) is 5.42. The van der Waals surface area contributed by atoms with Gasteiger partial charge in [0, 0.05) is 36.9 Å². The van der Waals surface area contributed by atoms with E-state index >= 15 is 0 Å². The minimum Gasteiger partial charge on any atom is -0.311 e. The highest BCUT2D eigenvalue weighted by atomic mass is 15.3. The average molecular weight is 287 g/mol. The van der Waals surface area contributed by atoms with Gasteiger partial charge in [0.05, 0.1) is 5.69 Å². The Hall–Kier alpha value is -0.930. The van der Waals surface area contributed by atoms with Crippen molar-refractivity contribution in [2.24, 2.45) is 11.8 Å². The molecule has 116 valence electrons. The molecule has 3 heteroatoms. The molecule has 21 heavy (non-hydrogen) atoms. The van der Waals surface area contributed by atoms with E-state index in [2.05, 4.69) is 56.1 Å². The molecule has 1 saturated heterocycles. The summed E-state index contributed by atoms with van der Waals surface area (Å²) in [5.74, 6) is 1.55. The third-order valence-corrected chi connectivity index (χ3v) is 5.42. The first kappa shape index (κ1) is 15.0. The summed E-state index contributed by atoms with van der Waals surface area (Å²) in [5.41, 5.74) is 2.64. The summed E-state index contributed by atoms with van der Waals surface area (Å²) >= 11 is 0. The van der Waals surface area contributed by atoms with Gasteiger partial charge < -0.3 is 5.32 Å². The SMILES string of the molecule is Cc1cccc(CN2CC(C(C)C)NCC2(C)C2CC2)n1. The molecule has 1 aromatic rings. The van der Waals surface area contributed by atoms with Crippen LogP contribution >= 0.6 is 0 Å². The van der Waals surface area contributed by atoms with Crippen LogP contribution in [0.5, 0.6) is 0 Å². The van der Waals surface area contributed by atoms with Gasteiger partial charge in [-0.15, -0.1) is 0 Å². The van der Waals surface area contributed by atoms with Gasteiger partial charge in [-0.25, -0.2) is 0 Å². The smallest absolute Gasteiger partial charge is 0.0547 e. The fourth-order valence-electron chi connectivity index (χ4n) is 3.64. The molecule has 3 rings (SSSR count). The molecular weight excluding hydrogens is 258 g/mol. The zero-order valence-electron chi connectivity index (χ0n) is 13.9. The second kappa shape index (κ2) is 5.69. The van der Waals surface area contributed by atoms with E-state index in [-0.39, 0.29) is 0 Å². The van der Waals surface area contributed by atoms with Crippen molar-refractivity contribution in [1.82, 2.24) is 15.2 Å². The third kappa shape index (κ3) is 3.14. The van der Waals surface area contributed by atoms with E-state index in [0.29, 0.717) is 17.5 Å². The molecule has 0 radical (unpaired) electrons. The van der Waals surface area contributed by atoms with Crippen molar-refractivity contribution in [3.63, 3.8) is 0 Å². The van der Waals surface area contributed by atoms with Crippen LogP contribution in [0.4, 0.5) is 0 Å². The quantitative estimate of drug-likeness (QED) is 0.923. The Labute approximate surface area is 129 Å². The summed E-state index contributed by atoms with van der Waals surface area (Å²) in [7, 11) is 0. The van der Waals surface area contributed by atoms with Gasteiger partial charge in [-0.05, 0) is 50.7 Å². The van der Waals surface area contributed by atoms with Crippen molar-refractivity contribution in [3.8, 4) is 0 Å². The molecule has 1 saturated carbocycles. The molecule has 1 aliphatic carbocycles. The van der Waals surface area contributed by atoms with Crippen molar-refractivity contribution in [2.75, 3.05) is 13.1 Å². The lowest BCUT2D eigenvalue weighted by Crippen LogP contribution is -2.65. The van der Waals surface area contributed by atoms with Crippen LogP contribution < -0.4 is 5.32 Å². The van der Waals surface area contributed by atoms with Gasteiger partial charge in [0.25, 0.3) is 0 Å². The summed E-state index contributed by atoms with van der Waals surface area (Å²) in [6.07, 6.45) is 2.78. The summed E-state index contributed by atoms with van der Waals surface area (Å²) in [5, 5.41) is 3.80. The fraction of sp³-hybridized carbons (Fsp3) is 0.722. The Kier molecular flexibility index (Phi) is 4.06. The minimum absolute atomic E-state index is 0.302. The fourth-order valence-corrected chi connectivity index (χ4v) is 3.64. The van der Waals surface area contributed by atoms with E-state index in [9.17, 15) is 0 Å². The van der Waals surface area contributed by atoms with Crippen LogP contribution in [0.1, 0.15) is 45.0 Å². The van der Waals surface area contributed by atoms with Gasteiger partial charge in [0.2, 0.25) is 0 Å². The highest BCUT2D eigenvalue weighted by molar-refractivity contribution is 5.12. The lowest BCUT2D eigenvalue weighted by molar-refractivity contribution is 0.0177. The lowest BCUT2D eigenvalue weighted by atomic mass is 9.87. The Bertz CT molecular complexity index is 495. The van der Waals surface area contributed by atoms with E-state index in [1.807, 2.05) is 0 Å². The van der Waals surface area contributed by atoms with Gasteiger partial charge in [-0.3, -0.25) is 9.88 Å². The molecule has 3 nitrogen and oxygen atoms in total. The first-order valence-electron chi connectivity index (χ1n) is 8.40. The maximum Gasteiger partial charge on any atom is 0.0547 e. The number of rotatable bonds is 4. The molecule has 2 unspecified atom stereocenters.